The van der Waals surface area contributed by atoms with E-state index >= 15 is 0 Å². The molecule has 0 aromatic heterocycles. The van der Waals surface area contributed by atoms with Gasteiger partial charge < -0.3 is 5.32 Å². The van der Waals surface area contributed by atoms with E-state index in [4.69, 9.17) is 0 Å². The summed E-state index contributed by atoms with van der Waals surface area (Å²) < 4.78 is 0. The van der Waals surface area contributed by atoms with Crippen LogP contribution >= 0.6 is 0 Å². The van der Waals surface area contributed by atoms with E-state index in [1.54, 1.807) is 0 Å². The van der Waals surface area contributed by atoms with Crippen LogP contribution in [0.1, 0.15) is 6.92 Å². The van der Waals surface area contributed by atoms with Crippen molar-refractivity contribution >= 4 is 0 Å². The van der Waals surface area contributed by atoms with Gasteiger partial charge in [-0.25, -0.2) is 0 Å². The molecule has 0 spiro atoms. The van der Waals surface area contributed by atoms with Gasteiger partial charge in [0.2, 0.25) is 0 Å². The molecule has 0 aromatic carbocycles. The van der Waals surface area contributed by atoms with Crippen molar-refractivity contribution < 1.29 is 0 Å². The first-order valence-corrected chi connectivity index (χ1v) is 2.31. The van der Waals surface area contributed by atoms with Crippen LogP contribution in [-0.4, -0.2) is 13.1 Å². The Morgan fingerprint density at radius 1 is 1.71 bits per heavy atom. The Balaban J connectivity index is 2.78. The zero-order valence-electron chi connectivity index (χ0n) is 4.62. The van der Waals surface area contributed by atoms with Crippen LogP contribution in [0.2, 0.25) is 0 Å². The van der Waals surface area contributed by atoms with Crippen molar-refractivity contribution in [3.63, 3.8) is 0 Å². The first kappa shape index (κ1) is 6.52. The van der Waals surface area contributed by atoms with Gasteiger partial charge in [-0.1, -0.05) is 5.92 Å². The summed E-state index contributed by atoms with van der Waals surface area (Å²) in [4.78, 5) is 0. The molecular weight excluding hydrogens is 86.1 g/mol. The first-order valence-electron chi connectivity index (χ1n) is 2.31. The molecule has 0 saturated carbocycles. The minimum absolute atomic E-state index is 0.759. The first-order chi connectivity index (χ1) is 3.41. The van der Waals surface area contributed by atoms with Crippen LogP contribution in [0, 0.1) is 18.8 Å². The van der Waals surface area contributed by atoms with Crippen LogP contribution in [0.5, 0.6) is 0 Å². The second-order valence-corrected chi connectivity index (χ2v) is 1.10. The standard InChI is InChI=1S/C6H10N/c1-3-5-6-7-4-2/h7H,2,4,6H2,1H3. The highest BCUT2D eigenvalue weighted by molar-refractivity contribution is 4.96. The minimum atomic E-state index is 0.759. The maximum atomic E-state index is 3.58. The predicted molar refractivity (Wildman–Crippen MR) is 31.7 cm³/mol. The molecule has 1 radical (unpaired) electrons. The lowest BCUT2D eigenvalue weighted by atomic mass is 10.6. The second kappa shape index (κ2) is 5.52. The van der Waals surface area contributed by atoms with E-state index < -0.39 is 0 Å². The molecule has 0 amide bonds. The molecule has 0 atom stereocenters. The Bertz CT molecular complexity index is 75.9. The third-order valence-corrected chi connectivity index (χ3v) is 0.567. The molecule has 0 heterocycles. The Labute approximate surface area is 45.1 Å². The molecule has 1 heteroatoms. The van der Waals surface area contributed by atoms with Crippen LogP contribution in [0.3, 0.4) is 0 Å². The summed E-state index contributed by atoms with van der Waals surface area (Å²) in [6.07, 6.45) is 0. The van der Waals surface area contributed by atoms with Crippen molar-refractivity contribution in [2.75, 3.05) is 13.1 Å². The normalized spacial score (nSPS) is 7.14. The van der Waals surface area contributed by atoms with E-state index in [1.165, 1.54) is 0 Å². The smallest absolute Gasteiger partial charge is 0.0576 e. The topological polar surface area (TPSA) is 12.0 Å². The molecule has 0 aliphatic carbocycles. The molecule has 0 aliphatic rings. The predicted octanol–water partition coefficient (Wildman–Crippen LogP) is 0.433. The van der Waals surface area contributed by atoms with Crippen molar-refractivity contribution in [3.8, 4) is 11.8 Å². The van der Waals surface area contributed by atoms with E-state index in [0.29, 0.717) is 0 Å². The SMILES string of the molecule is [CH2]CNCC#CC. The largest absolute Gasteiger partial charge is 0.306 e. The number of hydrogen-bond donors (Lipinski definition) is 1. The molecule has 0 bridgehead atoms. The van der Waals surface area contributed by atoms with Crippen LogP contribution < -0.4 is 5.32 Å². The Kier molecular flexibility index (Phi) is 5.14. The highest BCUT2D eigenvalue weighted by Gasteiger charge is 1.68. The molecule has 7 heavy (non-hydrogen) atoms. The zero-order valence-corrected chi connectivity index (χ0v) is 4.62. The average Bonchev–Trinajstić information content (AvgIpc) is 1.69. The highest BCUT2D eigenvalue weighted by Crippen LogP contribution is 1.52. The number of nitrogens with one attached hydrogen (secondary N) is 1. The van der Waals surface area contributed by atoms with E-state index in [1.807, 2.05) is 6.92 Å². The van der Waals surface area contributed by atoms with Gasteiger partial charge in [0.05, 0.1) is 6.54 Å². The van der Waals surface area contributed by atoms with Gasteiger partial charge in [0.15, 0.2) is 0 Å². The number of hydrogen-bond acceptors (Lipinski definition) is 1. The van der Waals surface area contributed by atoms with Crippen molar-refractivity contribution in [2.24, 2.45) is 0 Å². The summed E-state index contributed by atoms with van der Waals surface area (Å²) in [5, 5.41) is 2.96. The fraction of sp³-hybridized carbons (Fsp3) is 0.500. The molecule has 1 N–H and O–H groups in total. The molecule has 0 fully saturated rings. The summed E-state index contributed by atoms with van der Waals surface area (Å²) in [6, 6.07) is 0. The van der Waals surface area contributed by atoms with Crippen LogP contribution in [0.15, 0.2) is 0 Å². The fourth-order valence-electron chi connectivity index (χ4n) is 0.239. The van der Waals surface area contributed by atoms with Gasteiger partial charge in [-0.2, -0.15) is 0 Å². The van der Waals surface area contributed by atoms with Crippen LogP contribution in [0.25, 0.3) is 0 Å². The van der Waals surface area contributed by atoms with Crippen molar-refractivity contribution in [1.29, 1.82) is 0 Å². The summed E-state index contributed by atoms with van der Waals surface area (Å²) in [6.45, 7) is 6.93. The molecule has 1 nitrogen and oxygen atoms in total. The second-order valence-electron chi connectivity index (χ2n) is 1.10. The minimum Gasteiger partial charge on any atom is -0.306 e. The highest BCUT2D eigenvalue weighted by atomic mass is 14.8. The van der Waals surface area contributed by atoms with E-state index in [9.17, 15) is 0 Å². The molecule has 0 aromatic rings. The van der Waals surface area contributed by atoms with Gasteiger partial charge >= 0.3 is 0 Å². The summed E-state index contributed by atoms with van der Waals surface area (Å²) >= 11 is 0. The van der Waals surface area contributed by atoms with Crippen LogP contribution in [0.4, 0.5) is 0 Å². The summed E-state index contributed by atoms with van der Waals surface area (Å²) in [7, 11) is 0. The third-order valence-electron chi connectivity index (χ3n) is 0.567. The van der Waals surface area contributed by atoms with E-state index in [2.05, 4.69) is 24.1 Å². The van der Waals surface area contributed by atoms with E-state index in [0.717, 1.165) is 13.1 Å². The van der Waals surface area contributed by atoms with Gasteiger partial charge in [-0.3, -0.25) is 0 Å². The maximum Gasteiger partial charge on any atom is 0.0576 e. The van der Waals surface area contributed by atoms with E-state index in [-0.39, 0.29) is 0 Å². The molecule has 39 valence electrons. The monoisotopic (exact) mass is 96.1 g/mol. The molecule has 0 unspecified atom stereocenters. The lowest BCUT2D eigenvalue weighted by Crippen LogP contribution is -2.11. The van der Waals surface area contributed by atoms with Crippen molar-refractivity contribution in [1.82, 2.24) is 5.32 Å². The lowest BCUT2D eigenvalue weighted by molar-refractivity contribution is 0.855. The zero-order chi connectivity index (χ0) is 5.54. The molecular formula is C6H10N. The van der Waals surface area contributed by atoms with Gasteiger partial charge in [-0.15, -0.1) is 5.92 Å². The quantitative estimate of drug-likeness (QED) is 0.388. The van der Waals surface area contributed by atoms with Gasteiger partial charge in [0, 0.05) is 0 Å². The van der Waals surface area contributed by atoms with Gasteiger partial charge in [0.1, 0.15) is 0 Å². The summed E-state index contributed by atoms with van der Waals surface area (Å²) in [5.74, 6) is 5.61. The van der Waals surface area contributed by atoms with Crippen molar-refractivity contribution in [3.05, 3.63) is 6.92 Å². The lowest BCUT2D eigenvalue weighted by Gasteiger charge is -1.86. The fourth-order valence-corrected chi connectivity index (χ4v) is 0.239. The molecule has 0 aliphatic heterocycles. The van der Waals surface area contributed by atoms with Crippen molar-refractivity contribution in [2.45, 2.75) is 6.92 Å². The van der Waals surface area contributed by atoms with Gasteiger partial charge in [-0.05, 0) is 20.4 Å². The Morgan fingerprint density at radius 2 is 2.43 bits per heavy atom. The third kappa shape index (κ3) is 5.52. The molecule has 0 rings (SSSR count). The average molecular weight is 96.2 g/mol. The summed E-state index contributed by atoms with van der Waals surface area (Å²) in [5.41, 5.74) is 0. The van der Waals surface area contributed by atoms with Gasteiger partial charge in [0.25, 0.3) is 0 Å². The maximum absolute atomic E-state index is 3.58. The Morgan fingerprint density at radius 3 is 2.86 bits per heavy atom. The molecule has 0 saturated heterocycles. The Hall–Kier alpha value is -0.480. The number of rotatable bonds is 2. The van der Waals surface area contributed by atoms with Crippen LogP contribution in [-0.2, 0) is 0 Å².